The molecule has 0 aliphatic carbocycles. The van der Waals surface area contributed by atoms with Gasteiger partial charge in [-0.25, -0.2) is 8.42 Å². The first-order valence-electron chi connectivity index (χ1n) is 4.89. The van der Waals surface area contributed by atoms with Gasteiger partial charge in [-0.3, -0.25) is 4.72 Å². The molecule has 0 unspecified atom stereocenters. The Labute approximate surface area is 109 Å². The van der Waals surface area contributed by atoms with Crippen LogP contribution in [0.5, 0.6) is 0 Å². The fourth-order valence-corrected chi connectivity index (χ4v) is 3.49. The molecule has 0 saturated carbocycles. The van der Waals surface area contributed by atoms with E-state index in [0.717, 1.165) is 11.3 Å². The van der Waals surface area contributed by atoms with E-state index in [9.17, 15) is 8.42 Å². The Hall–Kier alpha value is -2.04. The summed E-state index contributed by atoms with van der Waals surface area (Å²) in [7, 11) is -3.66. The molecule has 0 atom stereocenters. The van der Waals surface area contributed by atoms with Gasteiger partial charge in [-0.15, -0.1) is 11.3 Å². The van der Waals surface area contributed by atoms with E-state index in [-0.39, 0.29) is 4.21 Å². The summed E-state index contributed by atoms with van der Waals surface area (Å²) >= 11 is 0.920. The van der Waals surface area contributed by atoms with Crippen molar-refractivity contribution in [1.82, 2.24) is 0 Å². The summed E-state index contributed by atoms with van der Waals surface area (Å²) < 4.78 is 26.5. The minimum Gasteiger partial charge on any atom is -0.399 e. The number of nitrogens with one attached hydrogen (secondary N) is 1. The van der Waals surface area contributed by atoms with Gasteiger partial charge in [-0.1, -0.05) is 6.07 Å². The molecular formula is C11H9N3O2S2. The van der Waals surface area contributed by atoms with E-state index in [1.165, 1.54) is 18.2 Å². The van der Waals surface area contributed by atoms with E-state index in [2.05, 4.69) is 4.72 Å². The van der Waals surface area contributed by atoms with Crippen LogP contribution in [-0.4, -0.2) is 8.42 Å². The highest BCUT2D eigenvalue weighted by Gasteiger charge is 2.16. The summed E-state index contributed by atoms with van der Waals surface area (Å²) in [4.78, 5) is 0.350. The first kappa shape index (κ1) is 12.4. The van der Waals surface area contributed by atoms with Crippen LogP contribution in [0.1, 0.15) is 4.88 Å². The van der Waals surface area contributed by atoms with Gasteiger partial charge in [0.1, 0.15) is 15.2 Å². The summed E-state index contributed by atoms with van der Waals surface area (Å²) in [6.45, 7) is 0. The summed E-state index contributed by atoms with van der Waals surface area (Å²) in [5.74, 6) is 0. The molecule has 3 N–H and O–H groups in total. The molecule has 1 aromatic carbocycles. The van der Waals surface area contributed by atoms with Crippen LogP contribution in [0.4, 0.5) is 11.4 Å². The van der Waals surface area contributed by atoms with E-state index in [4.69, 9.17) is 11.0 Å². The van der Waals surface area contributed by atoms with Crippen LogP contribution in [0.3, 0.4) is 0 Å². The smallest absolute Gasteiger partial charge is 0.271 e. The third kappa shape index (κ3) is 2.61. The number of sulfonamides is 1. The maximum absolute atomic E-state index is 12.0. The second-order valence-electron chi connectivity index (χ2n) is 3.46. The second-order valence-corrected chi connectivity index (χ2v) is 6.45. The van der Waals surface area contributed by atoms with Crippen LogP contribution in [0.2, 0.25) is 0 Å². The summed E-state index contributed by atoms with van der Waals surface area (Å²) in [6, 6.07) is 11.2. The van der Waals surface area contributed by atoms with Crippen molar-refractivity contribution in [2.45, 2.75) is 4.21 Å². The Morgan fingerprint density at radius 3 is 2.67 bits per heavy atom. The third-order valence-corrected chi connectivity index (χ3v) is 4.96. The lowest BCUT2D eigenvalue weighted by Crippen LogP contribution is -2.11. The molecule has 0 aliphatic heterocycles. The number of anilines is 2. The van der Waals surface area contributed by atoms with Gasteiger partial charge in [-0.2, -0.15) is 5.26 Å². The zero-order valence-corrected chi connectivity index (χ0v) is 10.8. The first-order valence-corrected chi connectivity index (χ1v) is 7.19. The van der Waals surface area contributed by atoms with Gasteiger partial charge in [0.05, 0.1) is 5.69 Å². The molecular weight excluding hydrogens is 270 g/mol. The quantitative estimate of drug-likeness (QED) is 0.840. The van der Waals surface area contributed by atoms with Crippen molar-refractivity contribution >= 4 is 32.7 Å². The van der Waals surface area contributed by atoms with Crippen molar-refractivity contribution in [3.63, 3.8) is 0 Å². The first-order chi connectivity index (χ1) is 8.51. The van der Waals surface area contributed by atoms with Crippen LogP contribution < -0.4 is 10.5 Å². The zero-order valence-electron chi connectivity index (χ0n) is 9.12. The van der Waals surface area contributed by atoms with Crippen molar-refractivity contribution in [1.29, 1.82) is 5.26 Å². The van der Waals surface area contributed by atoms with Gasteiger partial charge in [-0.05, 0) is 30.3 Å². The highest BCUT2D eigenvalue weighted by atomic mass is 32.2. The van der Waals surface area contributed by atoms with Crippen LogP contribution in [0.15, 0.2) is 40.6 Å². The Bertz CT molecular complexity index is 714. The van der Waals surface area contributed by atoms with Gasteiger partial charge in [0.15, 0.2) is 0 Å². The van der Waals surface area contributed by atoms with Crippen LogP contribution >= 0.6 is 11.3 Å². The van der Waals surface area contributed by atoms with E-state index < -0.39 is 10.0 Å². The Balaban J connectivity index is 2.30. The topological polar surface area (TPSA) is 96.0 Å². The van der Waals surface area contributed by atoms with Crippen molar-refractivity contribution < 1.29 is 8.42 Å². The van der Waals surface area contributed by atoms with E-state index in [0.29, 0.717) is 16.3 Å². The van der Waals surface area contributed by atoms with E-state index >= 15 is 0 Å². The molecule has 0 spiro atoms. The van der Waals surface area contributed by atoms with Crippen LogP contribution in [0, 0.1) is 11.3 Å². The zero-order chi connectivity index (χ0) is 13.2. The highest BCUT2D eigenvalue weighted by molar-refractivity contribution is 7.94. The third-order valence-electron chi connectivity index (χ3n) is 2.10. The summed E-state index contributed by atoms with van der Waals surface area (Å²) in [5, 5.41) is 8.67. The number of nitrogen functional groups attached to an aromatic ring is 1. The maximum Gasteiger partial charge on any atom is 0.271 e. The molecule has 0 bridgehead atoms. The molecule has 1 heterocycles. The number of rotatable bonds is 3. The Morgan fingerprint density at radius 2 is 2.06 bits per heavy atom. The van der Waals surface area contributed by atoms with E-state index in [1.807, 2.05) is 6.07 Å². The molecule has 0 saturated heterocycles. The van der Waals surface area contributed by atoms with Gasteiger partial charge in [0.2, 0.25) is 0 Å². The lowest BCUT2D eigenvalue weighted by atomic mass is 10.3. The molecule has 1 aromatic heterocycles. The minimum atomic E-state index is -3.66. The average molecular weight is 279 g/mol. The molecule has 5 nitrogen and oxygen atoms in total. The predicted octanol–water partition coefficient (Wildman–Crippen LogP) is 2.00. The minimum absolute atomic E-state index is 0.0986. The molecule has 18 heavy (non-hydrogen) atoms. The molecule has 0 aliphatic rings. The van der Waals surface area contributed by atoms with Crippen LogP contribution in [-0.2, 0) is 10.0 Å². The fourth-order valence-electron chi connectivity index (χ4n) is 1.33. The molecule has 0 fully saturated rings. The monoisotopic (exact) mass is 279 g/mol. The summed E-state index contributed by atoms with van der Waals surface area (Å²) in [6.07, 6.45) is 0. The number of nitrogens with two attached hydrogens (primary N) is 1. The predicted molar refractivity (Wildman–Crippen MR) is 70.7 cm³/mol. The SMILES string of the molecule is N#Cc1ccc(S(=O)(=O)Nc2cccc(N)c2)s1. The number of nitrogens with zero attached hydrogens (tertiary/aromatic N) is 1. The Morgan fingerprint density at radius 1 is 1.28 bits per heavy atom. The maximum atomic E-state index is 12.0. The molecule has 2 rings (SSSR count). The van der Waals surface area contributed by atoms with Crippen molar-refractivity contribution in [3.05, 3.63) is 41.3 Å². The standard InChI is InChI=1S/C11H9N3O2S2/c12-7-10-4-5-11(17-10)18(15,16)14-9-3-1-2-8(13)6-9/h1-6,14H,13H2. The average Bonchev–Trinajstić information content (AvgIpc) is 2.77. The second kappa shape index (κ2) is 4.68. The van der Waals surface area contributed by atoms with Gasteiger partial charge in [0, 0.05) is 5.69 Å². The van der Waals surface area contributed by atoms with Gasteiger partial charge < -0.3 is 5.73 Å². The van der Waals surface area contributed by atoms with Crippen molar-refractivity contribution in [2.24, 2.45) is 0 Å². The Kier molecular flexibility index (Phi) is 3.23. The molecule has 0 radical (unpaired) electrons. The number of hydrogen-bond acceptors (Lipinski definition) is 5. The van der Waals surface area contributed by atoms with Crippen molar-refractivity contribution in [3.8, 4) is 6.07 Å². The van der Waals surface area contributed by atoms with E-state index in [1.54, 1.807) is 18.2 Å². The molecule has 7 heteroatoms. The number of benzene rings is 1. The van der Waals surface area contributed by atoms with Gasteiger partial charge >= 0.3 is 0 Å². The molecule has 0 amide bonds. The van der Waals surface area contributed by atoms with Gasteiger partial charge in [0.25, 0.3) is 10.0 Å². The summed E-state index contributed by atoms with van der Waals surface area (Å²) in [5.41, 5.74) is 6.43. The lowest BCUT2D eigenvalue weighted by molar-refractivity contribution is 0.603. The number of hydrogen-bond donors (Lipinski definition) is 2. The lowest BCUT2D eigenvalue weighted by Gasteiger charge is -2.06. The normalized spacial score (nSPS) is 10.8. The highest BCUT2D eigenvalue weighted by Crippen LogP contribution is 2.24. The largest absolute Gasteiger partial charge is 0.399 e. The molecule has 92 valence electrons. The number of thiophene rings is 1. The van der Waals surface area contributed by atoms with Crippen LogP contribution in [0.25, 0.3) is 0 Å². The number of nitriles is 1. The molecule has 2 aromatic rings. The van der Waals surface area contributed by atoms with Crippen molar-refractivity contribution in [2.75, 3.05) is 10.5 Å². The fraction of sp³-hybridized carbons (Fsp3) is 0.